The minimum absolute atomic E-state index is 0.556. The van der Waals surface area contributed by atoms with Crippen molar-refractivity contribution in [3.8, 4) is 0 Å². The molecule has 0 saturated heterocycles. The van der Waals surface area contributed by atoms with Gasteiger partial charge in [0.1, 0.15) is 0 Å². The molecule has 2 rings (SSSR count). The first-order valence-electron chi connectivity index (χ1n) is 5.06. The summed E-state index contributed by atoms with van der Waals surface area (Å²) in [6.07, 6.45) is 2.02. The molecule has 0 unspecified atom stereocenters. The predicted octanol–water partition coefficient (Wildman–Crippen LogP) is 1.70. The zero-order chi connectivity index (χ0) is 10.7. The standard InChI is InChI=1S/C12H15N3/c1-10-12(7-13)9-15(14-10)8-11-5-3-2-4-6-11/h2-6,9H,7-8,13H2,1H3. The lowest BCUT2D eigenvalue weighted by Gasteiger charge is -2.00. The molecule has 1 aromatic carbocycles. The van der Waals surface area contributed by atoms with Gasteiger partial charge in [0.2, 0.25) is 0 Å². The van der Waals surface area contributed by atoms with Gasteiger partial charge in [-0.25, -0.2) is 0 Å². The van der Waals surface area contributed by atoms with E-state index in [0.29, 0.717) is 6.54 Å². The summed E-state index contributed by atoms with van der Waals surface area (Å²) < 4.78 is 1.94. The minimum Gasteiger partial charge on any atom is -0.326 e. The van der Waals surface area contributed by atoms with E-state index < -0.39 is 0 Å². The van der Waals surface area contributed by atoms with Crippen LogP contribution in [0, 0.1) is 6.92 Å². The number of benzene rings is 1. The summed E-state index contributed by atoms with van der Waals surface area (Å²) in [7, 11) is 0. The number of hydrogen-bond donors (Lipinski definition) is 1. The molecular formula is C12H15N3. The van der Waals surface area contributed by atoms with Crippen LogP contribution in [-0.2, 0) is 13.1 Å². The molecule has 0 atom stereocenters. The van der Waals surface area contributed by atoms with Crippen LogP contribution in [-0.4, -0.2) is 9.78 Å². The topological polar surface area (TPSA) is 43.8 Å². The number of rotatable bonds is 3. The van der Waals surface area contributed by atoms with Gasteiger partial charge in [0.25, 0.3) is 0 Å². The van der Waals surface area contributed by atoms with Crippen LogP contribution in [0.5, 0.6) is 0 Å². The van der Waals surface area contributed by atoms with Crippen LogP contribution in [0.4, 0.5) is 0 Å². The first kappa shape index (κ1) is 9.93. The fourth-order valence-electron chi connectivity index (χ4n) is 1.61. The zero-order valence-corrected chi connectivity index (χ0v) is 8.85. The van der Waals surface area contributed by atoms with Crippen LogP contribution in [0.2, 0.25) is 0 Å². The van der Waals surface area contributed by atoms with E-state index in [2.05, 4.69) is 17.2 Å². The van der Waals surface area contributed by atoms with Crippen molar-refractivity contribution in [1.82, 2.24) is 9.78 Å². The Morgan fingerprint density at radius 2 is 2.00 bits per heavy atom. The van der Waals surface area contributed by atoms with E-state index in [-0.39, 0.29) is 0 Å². The molecule has 15 heavy (non-hydrogen) atoms. The molecule has 0 fully saturated rings. The van der Waals surface area contributed by atoms with Gasteiger partial charge >= 0.3 is 0 Å². The third-order valence-electron chi connectivity index (χ3n) is 2.46. The van der Waals surface area contributed by atoms with E-state index in [1.807, 2.05) is 36.0 Å². The molecule has 3 heteroatoms. The summed E-state index contributed by atoms with van der Waals surface area (Å²) in [5.74, 6) is 0. The third kappa shape index (κ3) is 2.25. The molecule has 0 spiro atoms. The highest BCUT2D eigenvalue weighted by Gasteiger charge is 2.02. The Hall–Kier alpha value is -1.61. The van der Waals surface area contributed by atoms with Crippen molar-refractivity contribution in [2.75, 3.05) is 0 Å². The quantitative estimate of drug-likeness (QED) is 0.821. The van der Waals surface area contributed by atoms with Gasteiger partial charge in [-0.05, 0) is 12.5 Å². The monoisotopic (exact) mass is 201 g/mol. The van der Waals surface area contributed by atoms with Crippen LogP contribution in [0.3, 0.4) is 0 Å². The molecular weight excluding hydrogens is 186 g/mol. The van der Waals surface area contributed by atoms with Crippen molar-refractivity contribution in [2.24, 2.45) is 5.73 Å². The van der Waals surface area contributed by atoms with Crippen molar-refractivity contribution in [2.45, 2.75) is 20.0 Å². The van der Waals surface area contributed by atoms with Gasteiger partial charge in [-0.15, -0.1) is 0 Å². The summed E-state index contributed by atoms with van der Waals surface area (Å²) >= 11 is 0. The highest BCUT2D eigenvalue weighted by Crippen LogP contribution is 2.07. The molecule has 0 aliphatic rings. The van der Waals surface area contributed by atoms with Gasteiger partial charge in [0, 0.05) is 18.3 Å². The maximum Gasteiger partial charge on any atom is 0.0659 e. The van der Waals surface area contributed by atoms with E-state index >= 15 is 0 Å². The molecule has 1 heterocycles. The molecule has 0 saturated carbocycles. The second kappa shape index (κ2) is 4.28. The van der Waals surface area contributed by atoms with Gasteiger partial charge in [-0.3, -0.25) is 4.68 Å². The van der Waals surface area contributed by atoms with Crippen molar-refractivity contribution in [1.29, 1.82) is 0 Å². The van der Waals surface area contributed by atoms with Crippen molar-refractivity contribution < 1.29 is 0 Å². The second-order valence-electron chi connectivity index (χ2n) is 3.63. The molecule has 2 N–H and O–H groups in total. The molecule has 1 aromatic heterocycles. The number of nitrogens with two attached hydrogens (primary N) is 1. The van der Waals surface area contributed by atoms with Gasteiger partial charge in [0.15, 0.2) is 0 Å². The van der Waals surface area contributed by atoms with Crippen molar-refractivity contribution in [3.05, 3.63) is 53.3 Å². The second-order valence-corrected chi connectivity index (χ2v) is 3.63. The van der Waals surface area contributed by atoms with Gasteiger partial charge in [0.05, 0.1) is 12.2 Å². The van der Waals surface area contributed by atoms with Gasteiger partial charge < -0.3 is 5.73 Å². The Balaban J connectivity index is 2.18. The average molecular weight is 201 g/mol. The largest absolute Gasteiger partial charge is 0.326 e. The molecule has 2 aromatic rings. The van der Waals surface area contributed by atoms with E-state index in [1.54, 1.807) is 0 Å². The summed E-state index contributed by atoms with van der Waals surface area (Å²) in [4.78, 5) is 0. The number of nitrogens with zero attached hydrogens (tertiary/aromatic N) is 2. The van der Waals surface area contributed by atoms with Crippen LogP contribution in [0.25, 0.3) is 0 Å². The molecule has 3 nitrogen and oxygen atoms in total. The van der Waals surface area contributed by atoms with E-state index in [0.717, 1.165) is 17.8 Å². The molecule has 0 radical (unpaired) electrons. The smallest absolute Gasteiger partial charge is 0.0659 e. The summed E-state index contributed by atoms with van der Waals surface area (Å²) in [6, 6.07) is 10.3. The Bertz CT molecular complexity index is 431. The van der Waals surface area contributed by atoms with Crippen LogP contribution >= 0.6 is 0 Å². The maximum absolute atomic E-state index is 5.60. The summed E-state index contributed by atoms with van der Waals surface area (Å²) in [5.41, 5.74) is 9.00. The Morgan fingerprint density at radius 3 is 2.60 bits per heavy atom. The summed E-state index contributed by atoms with van der Waals surface area (Å²) in [5, 5.41) is 4.41. The molecule has 78 valence electrons. The van der Waals surface area contributed by atoms with Crippen LogP contribution in [0.1, 0.15) is 16.8 Å². The van der Waals surface area contributed by atoms with E-state index in [1.165, 1.54) is 5.56 Å². The highest BCUT2D eigenvalue weighted by molar-refractivity contribution is 5.18. The van der Waals surface area contributed by atoms with Crippen molar-refractivity contribution >= 4 is 0 Å². The molecule has 0 amide bonds. The van der Waals surface area contributed by atoms with E-state index in [4.69, 9.17) is 5.73 Å². The van der Waals surface area contributed by atoms with E-state index in [9.17, 15) is 0 Å². The third-order valence-corrected chi connectivity index (χ3v) is 2.46. The number of hydrogen-bond acceptors (Lipinski definition) is 2. The van der Waals surface area contributed by atoms with Gasteiger partial charge in [-0.1, -0.05) is 30.3 Å². The fourth-order valence-corrected chi connectivity index (χ4v) is 1.61. The first-order chi connectivity index (χ1) is 7.29. The number of aromatic nitrogens is 2. The van der Waals surface area contributed by atoms with Crippen LogP contribution < -0.4 is 5.73 Å². The maximum atomic E-state index is 5.60. The SMILES string of the molecule is Cc1nn(Cc2ccccc2)cc1CN. The Labute approximate surface area is 89.5 Å². The molecule has 0 aliphatic heterocycles. The van der Waals surface area contributed by atoms with Crippen molar-refractivity contribution in [3.63, 3.8) is 0 Å². The Morgan fingerprint density at radius 1 is 1.27 bits per heavy atom. The first-order valence-corrected chi connectivity index (χ1v) is 5.06. The molecule has 0 aliphatic carbocycles. The lowest BCUT2D eigenvalue weighted by atomic mass is 10.2. The fraction of sp³-hybridized carbons (Fsp3) is 0.250. The molecule has 0 bridgehead atoms. The predicted molar refractivity (Wildman–Crippen MR) is 60.4 cm³/mol. The minimum atomic E-state index is 0.556. The summed E-state index contributed by atoms with van der Waals surface area (Å²) in [6.45, 7) is 3.35. The normalized spacial score (nSPS) is 10.5. The number of aryl methyl sites for hydroxylation is 1. The highest BCUT2D eigenvalue weighted by atomic mass is 15.3. The average Bonchev–Trinajstić information content (AvgIpc) is 2.60. The van der Waals surface area contributed by atoms with Crippen LogP contribution in [0.15, 0.2) is 36.5 Å². The zero-order valence-electron chi connectivity index (χ0n) is 8.85. The van der Waals surface area contributed by atoms with Gasteiger partial charge in [-0.2, -0.15) is 5.10 Å². The lowest BCUT2D eigenvalue weighted by Crippen LogP contribution is -2.00. The lowest BCUT2D eigenvalue weighted by molar-refractivity contribution is 0.679. The Kier molecular flexibility index (Phi) is 2.83.